The van der Waals surface area contributed by atoms with Crippen molar-refractivity contribution in [3.8, 4) is 0 Å². The van der Waals surface area contributed by atoms with Gasteiger partial charge >= 0.3 is 0 Å². The molecule has 2 N–H and O–H groups in total. The van der Waals surface area contributed by atoms with Crippen LogP contribution in [0.2, 0.25) is 0 Å². The Bertz CT molecular complexity index is 175. The van der Waals surface area contributed by atoms with E-state index in [0.29, 0.717) is 13.2 Å². The van der Waals surface area contributed by atoms with Crippen LogP contribution in [0.3, 0.4) is 0 Å². The summed E-state index contributed by atoms with van der Waals surface area (Å²) in [5.74, 6) is 0.755. The number of hydrogen-bond acceptors (Lipinski definition) is 3. The van der Waals surface area contributed by atoms with Crippen LogP contribution in [0.1, 0.15) is 46.0 Å². The molecule has 1 saturated carbocycles. The second kappa shape index (κ2) is 8.04. The van der Waals surface area contributed by atoms with Crippen LogP contribution in [-0.2, 0) is 9.47 Å². The number of unbranched alkanes of at least 4 members (excludes halogenated alkanes) is 1. The van der Waals surface area contributed by atoms with Gasteiger partial charge in [0, 0.05) is 12.6 Å². The minimum Gasteiger partial charge on any atom is -0.379 e. The van der Waals surface area contributed by atoms with E-state index in [1.54, 1.807) is 0 Å². The molecule has 1 aliphatic carbocycles. The summed E-state index contributed by atoms with van der Waals surface area (Å²) in [6.07, 6.45) is 6.02. The molecule has 0 aliphatic heterocycles. The monoisotopic (exact) mass is 229 g/mol. The first kappa shape index (κ1) is 13.9. The van der Waals surface area contributed by atoms with E-state index in [4.69, 9.17) is 15.2 Å². The molecule has 16 heavy (non-hydrogen) atoms. The Balaban J connectivity index is 2.02. The zero-order valence-corrected chi connectivity index (χ0v) is 10.8. The van der Waals surface area contributed by atoms with Crippen LogP contribution < -0.4 is 5.73 Å². The van der Waals surface area contributed by atoms with Crippen LogP contribution in [0.25, 0.3) is 0 Å². The van der Waals surface area contributed by atoms with Gasteiger partial charge in [0.05, 0.1) is 19.3 Å². The molecule has 1 fully saturated rings. The summed E-state index contributed by atoms with van der Waals surface area (Å²) in [5.41, 5.74) is 6.04. The second-order valence-corrected chi connectivity index (χ2v) is 4.96. The quantitative estimate of drug-likeness (QED) is 0.681. The first-order valence-electron chi connectivity index (χ1n) is 6.69. The first-order valence-corrected chi connectivity index (χ1v) is 6.69. The molecule has 0 amide bonds. The topological polar surface area (TPSA) is 44.5 Å². The SMILES string of the molecule is CCCCOCCOC1CC(C)CCC1N. The van der Waals surface area contributed by atoms with Crippen molar-refractivity contribution in [2.24, 2.45) is 11.7 Å². The third-order valence-corrected chi connectivity index (χ3v) is 3.31. The lowest BCUT2D eigenvalue weighted by Gasteiger charge is -2.32. The first-order chi connectivity index (χ1) is 7.74. The van der Waals surface area contributed by atoms with Crippen LogP contribution in [0.5, 0.6) is 0 Å². The van der Waals surface area contributed by atoms with Gasteiger partial charge in [-0.2, -0.15) is 0 Å². The van der Waals surface area contributed by atoms with Crippen molar-refractivity contribution in [2.75, 3.05) is 19.8 Å². The predicted molar refractivity (Wildman–Crippen MR) is 66.5 cm³/mol. The zero-order valence-electron chi connectivity index (χ0n) is 10.8. The lowest BCUT2D eigenvalue weighted by Crippen LogP contribution is -2.42. The van der Waals surface area contributed by atoms with Gasteiger partial charge < -0.3 is 15.2 Å². The summed E-state index contributed by atoms with van der Waals surface area (Å²) in [4.78, 5) is 0. The highest BCUT2D eigenvalue weighted by Gasteiger charge is 2.26. The van der Waals surface area contributed by atoms with Crippen molar-refractivity contribution < 1.29 is 9.47 Å². The molecule has 0 aromatic rings. The van der Waals surface area contributed by atoms with Gasteiger partial charge in [0.2, 0.25) is 0 Å². The van der Waals surface area contributed by atoms with Crippen molar-refractivity contribution in [1.29, 1.82) is 0 Å². The zero-order chi connectivity index (χ0) is 11.8. The normalized spacial score (nSPS) is 30.6. The highest BCUT2D eigenvalue weighted by atomic mass is 16.5. The minimum absolute atomic E-state index is 0.229. The molecule has 0 heterocycles. The van der Waals surface area contributed by atoms with Gasteiger partial charge in [-0.3, -0.25) is 0 Å². The van der Waals surface area contributed by atoms with Crippen LogP contribution in [0.15, 0.2) is 0 Å². The molecule has 1 rings (SSSR count). The van der Waals surface area contributed by atoms with E-state index in [2.05, 4.69) is 13.8 Å². The van der Waals surface area contributed by atoms with Crippen molar-refractivity contribution >= 4 is 0 Å². The Morgan fingerprint density at radius 2 is 2.00 bits per heavy atom. The van der Waals surface area contributed by atoms with Crippen LogP contribution in [0, 0.1) is 5.92 Å². The van der Waals surface area contributed by atoms with Crippen molar-refractivity contribution in [1.82, 2.24) is 0 Å². The van der Waals surface area contributed by atoms with E-state index in [-0.39, 0.29) is 12.1 Å². The summed E-state index contributed by atoms with van der Waals surface area (Å²) in [5, 5.41) is 0. The van der Waals surface area contributed by atoms with Gasteiger partial charge in [0.15, 0.2) is 0 Å². The summed E-state index contributed by atoms with van der Waals surface area (Å²) < 4.78 is 11.3. The lowest BCUT2D eigenvalue weighted by atomic mass is 9.85. The third-order valence-electron chi connectivity index (χ3n) is 3.31. The summed E-state index contributed by atoms with van der Waals surface area (Å²) in [7, 11) is 0. The van der Waals surface area contributed by atoms with Gasteiger partial charge in [-0.1, -0.05) is 20.3 Å². The fraction of sp³-hybridized carbons (Fsp3) is 1.00. The molecule has 0 bridgehead atoms. The molecule has 96 valence electrons. The number of rotatable bonds is 7. The van der Waals surface area contributed by atoms with Gasteiger partial charge in [-0.15, -0.1) is 0 Å². The van der Waals surface area contributed by atoms with E-state index in [1.165, 1.54) is 12.8 Å². The number of ether oxygens (including phenoxy) is 2. The van der Waals surface area contributed by atoms with Crippen molar-refractivity contribution in [2.45, 2.75) is 58.1 Å². The highest BCUT2D eigenvalue weighted by Crippen LogP contribution is 2.24. The Morgan fingerprint density at radius 3 is 2.75 bits per heavy atom. The molecule has 0 aromatic carbocycles. The molecule has 0 aromatic heterocycles. The maximum atomic E-state index is 6.04. The largest absolute Gasteiger partial charge is 0.379 e. The van der Waals surface area contributed by atoms with E-state index in [9.17, 15) is 0 Å². The highest BCUT2D eigenvalue weighted by molar-refractivity contribution is 4.81. The summed E-state index contributed by atoms with van der Waals surface area (Å²) >= 11 is 0. The summed E-state index contributed by atoms with van der Waals surface area (Å²) in [6.45, 7) is 6.70. The molecule has 1 aliphatic rings. The van der Waals surface area contributed by atoms with Gasteiger partial charge in [-0.25, -0.2) is 0 Å². The number of hydrogen-bond donors (Lipinski definition) is 1. The van der Waals surface area contributed by atoms with Crippen LogP contribution in [0.4, 0.5) is 0 Å². The maximum absolute atomic E-state index is 6.04. The van der Waals surface area contributed by atoms with Crippen LogP contribution >= 0.6 is 0 Å². The average Bonchev–Trinajstić information content (AvgIpc) is 2.28. The standard InChI is InChI=1S/C13H27NO2/c1-3-4-7-15-8-9-16-13-10-11(2)5-6-12(13)14/h11-13H,3-10,14H2,1-2H3. The third kappa shape index (κ3) is 5.28. The second-order valence-electron chi connectivity index (χ2n) is 4.96. The molecular formula is C13H27NO2. The van der Waals surface area contributed by atoms with E-state index < -0.39 is 0 Å². The van der Waals surface area contributed by atoms with Crippen molar-refractivity contribution in [3.05, 3.63) is 0 Å². The molecule has 3 atom stereocenters. The van der Waals surface area contributed by atoms with E-state index in [0.717, 1.165) is 31.8 Å². The molecule has 3 unspecified atom stereocenters. The molecule has 0 spiro atoms. The van der Waals surface area contributed by atoms with Gasteiger partial charge in [0.1, 0.15) is 0 Å². The smallest absolute Gasteiger partial charge is 0.0729 e. The fourth-order valence-corrected chi connectivity index (χ4v) is 2.15. The van der Waals surface area contributed by atoms with Crippen molar-refractivity contribution in [3.63, 3.8) is 0 Å². The minimum atomic E-state index is 0.229. The fourth-order valence-electron chi connectivity index (χ4n) is 2.15. The van der Waals surface area contributed by atoms with Gasteiger partial charge in [0.25, 0.3) is 0 Å². The Kier molecular flexibility index (Phi) is 7.01. The Hall–Kier alpha value is -0.120. The number of nitrogens with two attached hydrogens (primary N) is 1. The molecule has 0 saturated heterocycles. The average molecular weight is 229 g/mol. The summed E-state index contributed by atoms with van der Waals surface area (Å²) in [6, 6.07) is 0.229. The van der Waals surface area contributed by atoms with E-state index in [1.807, 2.05) is 0 Å². The molecule has 3 heteroatoms. The molecular weight excluding hydrogens is 202 g/mol. The Morgan fingerprint density at radius 1 is 1.19 bits per heavy atom. The van der Waals surface area contributed by atoms with E-state index >= 15 is 0 Å². The molecule has 0 radical (unpaired) electrons. The lowest BCUT2D eigenvalue weighted by molar-refractivity contribution is -0.0277. The Labute approximate surface area is 99.7 Å². The maximum Gasteiger partial charge on any atom is 0.0729 e. The van der Waals surface area contributed by atoms with Crippen LogP contribution in [-0.4, -0.2) is 32.0 Å². The predicted octanol–water partition coefficient (Wildman–Crippen LogP) is 2.34. The molecule has 3 nitrogen and oxygen atoms in total. The van der Waals surface area contributed by atoms with Gasteiger partial charge in [-0.05, 0) is 31.6 Å².